The Kier molecular flexibility index (Phi) is 2.31. The van der Waals surface area contributed by atoms with E-state index >= 15 is 0 Å². The number of ether oxygens (including phenoxy) is 1. The van der Waals surface area contributed by atoms with Gasteiger partial charge in [0.05, 0.1) is 0 Å². The van der Waals surface area contributed by atoms with Crippen molar-refractivity contribution in [1.29, 1.82) is 0 Å². The van der Waals surface area contributed by atoms with Crippen LogP contribution in [0.5, 0.6) is 0 Å². The summed E-state index contributed by atoms with van der Waals surface area (Å²) in [5.41, 5.74) is 2.67. The van der Waals surface area contributed by atoms with Crippen LogP contribution in [0.1, 0.15) is 46.0 Å². The molecule has 0 spiro atoms. The SMILES string of the molecule is C=C1CCC[C@]2(C)C[C@]3(O)OC(=O)C(C)=C3C[C@H]12. The molecule has 3 nitrogen and oxygen atoms in total. The fourth-order valence-corrected chi connectivity index (χ4v) is 4.08. The van der Waals surface area contributed by atoms with Crippen molar-refractivity contribution < 1.29 is 14.6 Å². The van der Waals surface area contributed by atoms with Crippen molar-refractivity contribution >= 4 is 5.97 Å². The van der Waals surface area contributed by atoms with E-state index in [0.29, 0.717) is 17.9 Å². The molecule has 3 heteroatoms. The van der Waals surface area contributed by atoms with Crippen molar-refractivity contribution in [1.82, 2.24) is 0 Å². The van der Waals surface area contributed by atoms with Gasteiger partial charge in [-0.1, -0.05) is 19.1 Å². The zero-order chi connectivity index (χ0) is 13.1. The second kappa shape index (κ2) is 3.47. The van der Waals surface area contributed by atoms with Crippen LogP contribution in [0.15, 0.2) is 23.3 Å². The molecule has 1 aliphatic heterocycles. The van der Waals surface area contributed by atoms with Gasteiger partial charge in [-0.15, -0.1) is 0 Å². The molecule has 2 aliphatic carbocycles. The zero-order valence-electron chi connectivity index (χ0n) is 11.1. The quantitative estimate of drug-likeness (QED) is 0.529. The third-order valence-electron chi connectivity index (χ3n) is 5.12. The Morgan fingerprint density at radius 1 is 1.50 bits per heavy atom. The number of carbonyl (C=O) groups is 1. The molecule has 3 aliphatic rings. The Morgan fingerprint density at radius 3 is 2.94 bits per heavy atom. The van der Waals surface area contributed by atoms with Gasteiger partial charge in [0.25, 0.3) is 0 Å². The first-order chi connectivity index (χ1) is 8.36. The summed E-state index contributed by atoms with van der Waals surface area (Å²) in [6, 6.07) is 0. The smallest absolute Gasteiger partial charge is 0.336 e. The topological polar surface area (TPSA) is 46.5 Å². The predicted molar refractivity (Wildman–Crippen MR) is 67.6 cm³/mol. The Morgan fingerprint density at radius 2 is 2.22 bits per heavy atom. The Hall–Kier alpha value is -1.09. The lowest BCUT2D eigenvalue weighted by Gasteiger charge is -2.50. The van der Waals surface area contributed by atoms with E-state index in [0.717, 1.165) is 31.3 Å². The van der Waals surface area contributed by atoms with Gasteiger partial charge in [0.2, 0.25) is 5.79 Å². The third kappa shape index (κ3) is 1.43. The number of carbonyl (C=O) groups excluding carboxylic acids is 1. The highest BCUT2D eigenvalue weighted by Crippen LogP contribution is 2.58. The van der Waals surface area contributed by atoms with Crippen molar-refractivity contribution in [3.63, 3.8) is 0 Å². The van der Waals surface area contributed by atoms with E-state index in [9.17, 15) is 9.90 Å². The minimum atomic E-state index is -1.34. The normalized spacial score (nSPS) is 43.6. The first-order valence-corrected chi connectivity index (χ1v) is 6.69. The van der Waals surface area contributed by atoms with Gasteiger partial charge >= 0.3 is 5.97 Å². The lowest BCUT2D eigenvalue weighted by atomic mass is 9.56. The highest BCUT2D eigenvalue weighted by molar-refractivity contribution is 5.92. The summed E-state index contributed by atoms with van der Waals surface area (Å²) < 4.78 is 5.23. The summed E-state index contributed by atoms with van der Waals surface area (Å²) in [4.78, 5) is 11.7. The summed E-state index contributed by atoms with van der Waals surface area (Å²) in [6.07, 6.45) is 4.50. The van der Waals surface area contributed by atoms with Gasteiger partial charge in [-0.2, -0.15) is 0 Å². The maximum Gasteiger partial charge on any atom is 0.336 e. The number of hydrogen-bond acceptors (Lipinski definition) is 3. The number of aliphatic hydroxyl groups is 1. The van der Waals surface area contributed by atoms with Crippen LogP contribution in [0.2, 0.25) is 0 Å². The summed E-state index contributed by atoms with van der Waals surface area (Å²) in [6.45, 7) is 8.14. The lowest BCUT2D eigenvalue weighted by Crippen LogP contribution is -2.48. The monoisotopic (exact) mass is 248 g/mol. The van der Waals surface area contributed by atoms with Crippen molar-refractivity contribution in [2.45, 2.75) is 51.7 Å². The molecule has 0 saturated heterocycles. The van der Waals surface area contributed by atoms with E-state index in [1.165, 1.54) is 5.57 Å². The van der Waals surface area contributed by atoms with Gasteiger partial charge in [0.15, 0.2) is 0 Å². The van der Waals surface area contributed by atoms with E-state index in [1.54, 1.807) is 6.92 Å². The molecular formula is C15H20O3. The number of fused-ring (bicyclic) bond motifs is 2. The van der Waals surface area contributed by atoms with Crippen molar-refractivity contribution in [3.8, 4) is 0 Å². The van der Waals surface area contributed by atoms with Crippen LogP contribution in [0, 0.1) is 11.3 Å². The maximum atomic E-state index is 11.7. The van der Waals surface area contributed by atoms with Crippen LogP contribution in [0.25, 0.3) is 0 Å². The number of rotatable bonds is 0. The minimum absolute atomic E-state index is 0.0124. The van der Waals surface area contributed by atoms with Gasteiger partial charge in [-0.25, -0.2) is 4.79 Å². The molecule has 0 unspecified atom stereocenters. The molecule has 3 rings (SSSR count). The van der Waals surface area contributed by atoms with Crippen molar-refractivity contribution in [2.24, 2.45) is 11.3 Å². The molecule has 1 N–H and O–H groups in total. The maximum absolute atomic E-state index is 11.7. The van der Waals surface area contributed by atoms with Gasteiger partial charge in [0, 0.05) is 17.6 Å². The molecule has 0 aromatic rings. The molecular weight excluding hydrogens is 228 g/mol. The van der Waals surface area contributed by atoms with Crippen LogP contribution < -0.4 is 0 Å². The van der Waals surface area contributed by atoms with Crippen LogP contribution >= 0.6 is 0 Å². The van der Waals surface area contributed by atoms with Gasteiger partial charge < -0.3 is 9.84 Å². The largest absolute Gasteiger partial charge is 0.426 e. The van der Waals surface area contributed by atoms with Gasteiger partial charge in [0.1, 0.15) is 0 Å². The summed E-state index contributed by atoms with van der Waals surface area (Å²) in [5, 5.41) is 10.6. The summed E-state index contributed by atoms with van der Waals surface area (Å²) in [5.74, 6) is -1.32. The first-order valence-electron chi connectivity index (χ1n) is 6.69. The molecule has 0 amide bonds. The lowest BCUT2D eigenvalue weighted by molar-refractivity contribution is -0.203. The molecule has 2 fully saturated rings. The standard InChI is InChI=1S/C15H20O3/c1-9-5-4-6-14(3)8-15(17)12(7-11(9)14)10(2)13(16)18-15/h11,17H,1,4-8H2,2-3H3/t11-,14-,15+/m1/s1. The van der Waals surface area contributed by atoms with Crippen LogP contribution in [-0.4, -0.2) is 16.9 Å². The van der Waals surface area contributed by atoms with Crippen molar-refractivity contribution in [3.05, 3.63) is 23.3 Å². The fourth-order valence-electron chi connectivity index (χ4n) is 4.08. The molecule has 3 atom stereocenters. The Balaban J connectivity index is 2.04. The third-order valence-corrected chi connectivity index (χ3v) is 5.12. The minimum Gasteiger partial charge on any atom is -0.426 e. The number of hydrogen-bond donors (Lipinski definition) is 1. The second-order valence-electron chi connectivity index (χ2n) is 6.38. The van der Waals surface area contributed by atoms with Crippen LogP contribution in [0.3, 0.4) is 0 Å². The van der Waals surface area contributed by atoms with Crippen molar-refractivity contribution in [2.75, 3.05) is 0 Å². The summed E-state index contributed by atoms with van der Waals surface area (Å²) >= 11 is 0. The number of esters is 1. The van der Waals surface area contributed by atoms with Gasteiger partial charge in [-0.05, 0) is 43.9 Å². The Bertz CT molecular complexity index is 476. The van der Waals surface area contributed by atoms with E-state index in [2.05, 4.69) is 13.5 Å². The molecule has 2 saturated carbocycles. The van der Waals surface area contributed by atoms with Crippen LogP contribution in [0.4, 0.5) is 0 Å². The van der Waals surface area contributed by atoms with E-state index in [-0.39, 0.29) is 11.4 Å². The highest BCUT2D eigenvalue weighted by Gasteiger charge is 2.56. The molecule has 0 bridgehead atoms. The average molecular weight is 248 g/mol. The number of allylic oxidation sites excluding steroid dienone is 1. The van der Waals surface area contributed by atoms with E-state index in [4.69, 9.17) is 4.74 Å². The summed E-state index contributed by atoms with van der Waals surface area (Å²) in [7, 11) is 0. The fraction of sp³-hybridized carbons (Fsp3) is 0.667. The molecule has 0 radical (unpaired) electrons. The predicted octanol–water partition coefficient (Wildman–Crippen LogP) is 2.70. The second-order valence-corrected chi connectivity index (χ2v) is 6.38. The molecule has 18 heavy (non-hydrogen) atoms. The first kappa shape index (κ1) is 12.0. The van der Waals surface area contributed by atoms with Gasteiger partial charge in [-0.3, -0.25) is 0 Å². The molecule has 1 heterocycles. The zero-order valence-corrected chi connectivity index (χ0v) is 11.1. The molecule has 0 aromatic heterocycles. The van der Waals surface area contributed by atoms with Crippen LogP contribution in [-0.2, 0) is 9.53 Å². The van der Waals surface area contributed by atoms with E-state index < -0.39 is 5.79 Å². The van der Waals surface area contributed by atoms with E-state index in [1.807, 2.05) is 0 Å². The highest BCUT2D eigenvalue weighted by atomic mass is 16.7. The average Bonchev–Trinajstić information content (AvgIpc) is 2.46. The molecule has 98 valence electrons. The molecule has 0 aromatic carbocycles. The Labute approximate surface area is 108 Å².